The van der Waals surface area contributed by atoms with Crippen LogP contribution < -0.4 is 17.0 Å². The van der Waals surface area contributed by atoms with Crippen LogP contribution in [-0.4, -0.2) is 21.1 Å². The Bertz CT molecular complexity index is 1270. The molecule has 0 saturated carbocycles. The van der Waals surface area contributed by atoms with Crippen molar-refractivity contribution in [3.05, 3.63) is 104 Å². The zero-order valence-electron chi connectivity index (χ0n) is 14.6. The number of nitrogens with one attached hydrogen (secondary N) is 1. The number of anilines is 1. The maximum atomic E-state index is 12.6. The lowest BCUT2D eigenvalue weighted by atomic mass is 9.86. The van der Waals surface area contributed by atoms with Crippen molar-refractivity contribution in [1.82, 2.24) is 9.55 Å². The SMILES string of the molecule is Nc1c(C2=CC(=O)C(=O)c3ccccc32)c(=O)[nH]c(=O)n1Cc1ccccc1. The number of hydrogen-bond donors (Lipinski definition) is 2. The van der Waals surface area contributed by atoms with E-state index in [1.165, 1.54) is 10.6 Å². The van der Waals surface area contributed by atoms with Crippen molar-refractivity contribution in [1.29, 1.82) is 0 Å². The summed E-state index contributed by atoms with van der Waals surface area (Å²) < 4.78 is 1.23. The number of nitrogens with two attached hydrogens (primary N) is 1. The minimum atomic E-state index is -0.742. The number of carbonyl (C=O) groups excluding carboxylic acids is 2. The molecule has 0 radical (unpaired) electrons. The molecular weight excluding hydrogens is 358 g/mol. The Morgan fingerprint density at radius 2 is 1.50 bits per heavy atom. The summed E-state index contributed by atoms with van der Waals surface area (Å²) >= 11 is 0. The van der Waals surface area contributed by atoms with Gasteiger partial charge in [-0.1, -0.05) is 54.6 Å². The van der Waals surface area contributed by atoms with Gasteiger partial charge in [-0.2, -0.15) is 0 Å². The third-order valence-corrected chi connectivity index (χ3v) is 4.65. The first kappa shape index (κ1) is 17.4. The van der Waals surface area contributed by atoms with Crippen molar-refractivity contribution in [2.45, 2.75) is 6.54 Å². The van der Waals surface area contributed by atoms with Gasteiger partial charge >= 0.3 is 5.69 Å². The molecule has 1 aliphatic carbocycles. The van der Waals surface area contributed by atoms with Crippen molar-refractivity contribution >= 4 is 23.0 Å². The zero-order chi connectivity index (χ0) is 19.8. The van der Waals surface area contributed by atoms with Crippen LogP contribution in [0.1, 0.15) is 27.0 Å². The maximum absolute atomic E-state index is 12.6. The van der Waals surface area contributed by atoms with Gasteiger partial charge in [0.15, 0.2) is 0 Å². The van der Waals surface area contributed by atoms with Crippen molar-refractivity contribution < 1.29 is 9.59 Å². The average Bonchev–Trinajstić information content (AvgIpc) is 2.69. The number of hydrogen-bond acceptors (Lipinski definition) is 5. The Hall–Kier alpha value is -4.00. The molecule has 0 aliphatic heterocycles. The van der Waals surface area contributed by atoms with Gasteiger partial charge in [0.25, 0.3) is 5.56 Å². The first-order valence-electron chi connectivity index (χ1n) is 8.54. The van der Waals surface area contributed by atoms with Crippen LogP contribution >= 0.6 is 0 Å². The second kappa shape index (κ2) is 6.62. The van der Waals surface area contributed by atoms with Gasteiger partial charge in [-0.3, -0.25) is 23.9 Å². The molecule has 0 amide bonds. The first-order chi connectivity index (χ1) is 13.5. The van der Waals surface area contributed by atoms with Crippen molar-refractivity contribution in [2.75, 3.05) is 5.73 Å². The molecule has 138 valence electrons. The van der Waals surface area contributed by atoms with E-state index >= 15 is 0 Å². The second-order valence-electron chi connectivity index (χ2n) is 6.39. The number of aromatic nitrogens is 2. The number of nitrogens with zero attached hydrogens (tertiary/aromatic N) is 1. The zero-order valence-corrected chi connectivity index (χ0v) is 14.6. The largest absolute Gasteiger partial charge is 0.384 e. The smallest absolute Gasteiger partial charge is 0.330 e. The molecule has 3 N–H and O–H groups in total. The molecule has 2 aromatic carbocycles. The van der Waals surface area contributed by atoms with E-state index in [0.29, 0.717) is 5.56 Å². The number of Topliss-reactive ketones (excluding diaryl/α,β-unsaturated/α-hetero) is 1. The second-order valence-corrected chi connectivity index (χ2v) is 6.39. The van der Waals surface area contributed by atoms with Gasteiger partial charge in [-0.05, 0) is 17.2 Å². The van der Waals surface area contributed by atoms with Crippen LogP contribution in [0.2, 0.25) is 0 Å². The third kappa shape index (κ3) is 2.79. The molecule has 0 unspecified atom stereocenters. The Morgan fingerprint density at radius 3 is 2.21 bits per heavy atom. The Labute approximate surface area is 158 Å². The highest BCUT2D eigenvalue weighted by atomic mass is 16.2. The molecular formula is C21H15N3O4. The van der Waals surface area contributed by atoms with Crippen molar-refractivity contribution in [3.8, 4) is 0 Å². The minimum Gasteiger partial charge on any atom is -0.384 e. The van der Waals surface area contributed by atoms with E-state index < -0.39 is 22.8 Å². The molecule has 1 heterocycles. The monoisotopic (exact) mass is 373 g/mol. The summed E-state index contributed by atoms with van der Waals surface area (Å²) in [5.41, 5.74) is 6.50. The van der Waals surface area contributed by atoms with Crippen LogP contribution in [0.25, 0.3) is 5.57 Å². The fourth-order valence-electron chi connectivity index (χ4n) is 3.30. The van der Waals surface area contributed by atoms with Crippen molar-refractivity contribution in [2.24, 2.45) is 0 Å². The summed E-state index contributed by atoms with van der Waals surface area (Å²) in [6.45, 7) is 0.150. The van der Waals surface area contributed by atoms with Gasteiger partial charge in [-0.25, -0.2) is 4.79 Å². The summed E-state index contributed by atoms with van der Waals surface area (Å²) in [7, 11) is 0. The molecule has 28 heavy (non-hydrogen) atoms. The van der Waals surface area contributed by atoms with E-state index in [9.17, 15) is 19.2 Å². The molecule has 7 nitrogen and oxygen atoms in total. The fraction of sp³-hybridized carbons (Fsp3) is 0.0476. The highest BCUT2D eigenvalue weighted by molar-refractivity contribution is 6.51. The lowest BCUT2D eigenvalue weighted by Crippen LogP contribution is -2.35. The number of benzene rings is 2. The van der Waals surface area contributed by atoms with Gasteiger partial charge in [0.1, 0.15) is 5.82 Å². The molecule has 4 rings (SSSR count). The Balaban J connectivity index is 1.94. The number of H-pyrrole nitrogens is 1. The standard InChI is InChI=1S/C21H15N3O4/c22-19-17(15-10-16(25)18(26)14-9-5-4-8-13(14)15)20(27)23-21(28)24(19)11-12-6-2-1-3-7-12/h1-10H,11,22H2,(H,23,27,28). The van der Waals surface area contributed by atoms with Crippen LogP contribution in [0.5, 0.6) is 0 Å². The molecule has 7 heteroatoms. The lowest BCUT2D eigenvalue weighted by molar-refractivity contribution is -0.111. The topological polar surface area (TPSA) is 115 Å². The Kier molecular flexibility index (Phi) is 4.12. The van der Waals surface area contributed by atoms with Gasteiger partial charge in [-0.15, -0.1) is 0 Å². The number of carbonyl (C=O) groups is 2. The highest BCUT2D eigenvalue weighted by Crippen LogP contribution is 2.31. The quantitative estimate of drug-likeness (QED) is 0.673. The molecule has 0 bridgehead atoms. The molecule has 1 aliphatic rings. The summed E-state index contributed by atoms with van der Waals surface area (Å²) in [6, 6.07) is 15.6. The van der Waals surface area contributed by atoms with Crippen molar-refractivity contribution in [3.63, 3.8) is 0 Å². The predicted octanol–water partition coefficient (Wildman–Crippen LogP) is 1.36. The van der Waals surface area contributed by atoms with Crippen LogP contribution in [0, 0.1) is 0 Å². The van der Waals surface area contributed by atoms with Gasteiger partial charge in [0.2, 0.25) is 11.6 Å². The highest BCUT2D eigenvalue weighted by Gasteiger charge is 2.29. The molecule has 3 aromatic rings. The summed E-state index contributed by atoms with van der Waals surface area (Å²) in [6.07, 6.45) is 1.10. The van der Waals surface area contributed by atoms with Crippen LogP contribution in [0.15, 0.2) is 70.3 Å². The Morgan fingerprint density at radius 1 is 0.857 bits per heavy atom. The molecule has 0 saturated heterocycles. The first-order valence-corrected chi connectivity index (χ1v) is 8.54. The van der Waals surface area contributed by atoms with Crippen LogP contribution in [0.4, 0.5) is 5.82 Å². The van der Waals surface area contributed by atoms with Crippen LogP contribution in [-0.2, 0) is 11.3 Å². The summed E-state index contributed by atoms with van der Waals surface area (Å²) in [4.78, 5) is 51.5. The number of ketones is 2. The molecule has 0 atom stereocenters. The number of nitrogen functional groups attached to an aromatic ring is 1. The number of rotatable bonds is 3. The molecule has 0 spiro atoms. The normalized spacial score (nSPS) is 13.2. The summed E-state index contributed by atoms with van der Waals surface area (Å²) in [5.74, 6) is -1.46. The molecule has 0 fully saturated rings. The average molecular weight is 373 g/mol. The van der Waals surface area contributed by atoms with E-state index in [-0.39, 0.29) is 29.1 Å². The minimum absolute atomic E-state index is 0.0103. The molecule has 1 aromatic heterocycles. The van der Waals surface area contributed by atoms with Gasteiger partial charge < -0.3 is 5.73 Å². The number of aromatic amines is 1. The summed E-state index contributed by atoms with van der Waals surface area (Å²) in [5, 5.41) is 0. The van der Waals surface area contributed by atoms with E-state index in [2.05, 4.69) is 4.98 Å². The van der Waals surface area contributed by atoms with Crippen LogP contribution in [0.3, 0.4) is 0 Å². The van der Waals surface area contributed by atoms with E-state index in [0.717, 1.165) is 11.6 Å². The maximum Gasteiger partial charge on any atom is 0.330 e. The third-order valence-electron chi connectivity index (χ3n) is 4.65. The van der Waals surface area contributed by atoms with E-state index in [4.69, 9.17) is 5.73 Å². The van der Waals surface area contributed by atoms with E-state index in [1.54, 1.807) is 18.2 Å². The number of allylic oxidation sites excluding steroid dienone is 1. The fourth-order valence-corrected chi connectivity index (χ4v) is 3.30. The lowest BCUT2D eigenvalue weighted by Gasteiger charge is -2.19. The predicted molar refractivity (Wildman–Crippen MR) is 104 cm³/mol. The number of fused-ring (bicyclic) bond motifs is 1. The van der Waals surface area contributed by atoms with Gasteiger partial charge in [0.05, 0.1) is 12.1 Å². The van der Waals surface area contributed by atoms with Gasteiger partial charge in [0, 0.05) is 11.1 Å². The van der Waals surface area contributed by atoms with E-state index in [1.807, 2.05) is 30.3 Å².